The van der Waals surface area contributed by atoms with Gasteiger partial charge in [0.1, 0.15) is 0 Å². The van der Waals surface area contributed by atoms with Crippen molar-refractivity contribution in [2.45, 2.75) is 26.4 Å². The summed E-state index contributed by atoms with van der Waals surface area (Å²) in [6.45, 7) is 4.96. The van der Waals surface area contributed by atoms with E-state index in [0.717, 1.165) is 31.7 Å². The number of aryl methyl sites for hydroxylation is 1. The molecule has 1 aliphatic heterocycles. The fourth-order valence-electron chi connectivity index (χ4n) is 3.26. The summed E-state index contributed by atoms with van der Waals surface area (Å²) in [5, 5.41) is 1.32. The highest BCUT2D eigenvalue weighted by atomic mass is 15.1. The van der Waals surface area contributed by atoms with E-state index in [4.69, 9.17) is 5.73 Å². The number of para-hydroxylation sites is 1. The van der Waals surface area contributed by atoms with E-state index in [1.165, 1.54) is 27.6 Å². The fraction of sp³-hybridized carbons (Fsp3) is 0.294. The van der Waals surface area contributed by atoms with Crippen LogP contribution in [0.4, 0.5) is 5.95 Å². The van der Waals surface area contributed by atoms with E-state index in [2.05, 4.69) is 51.2 Å². The molecule has 4 rings (SSSR count). The van der Waals surface area contributed by atoms with Crippen LogP contribution in [0.15, 0.2) is 30.6 Å². The molecule has 5 heteroatoms. The Morgan fingerprint density at radius 1 is 1.36 bits per heavy atom. The zero-order valence-electron chi connectivity index (χ0n) is 12.6. The molecule has 0 aliphatic carbocycles. The minimum atomic E-state index is 0.374. The number of hydrogen-bond acceptors (Lipinski definition) is 4. The maximum Gasteiger partial charge on any atom is 0.220 e. The van der Waals surface area contributed by atoms with Crippen molar-refractivity contribution in [3.8, 4) is 0 Å². The highest BCUT2D eigenvalue weighted by Crippen LogP contribution is 2.25. The van der Waals surface area contributed by atoms with Crippen molar-refractivity contribution in [2.75, 3.05) is 12.3 Å². The van der Waals surface area contributed by atoms with Crippen LogP contribution in [-0.4, -0.2) is 26.4 Å². The number of nitrogen functional groups attached to an aromatic ring is 1. The second-order valence-electron chi connectivity index (χ2n) is 5.97. The van der Waals surface area contributed by atoms with Crippen LogP contribution >= 0.6 is 0 Å². The summed E-state index contributed by atoms with van der Waals surface area (Å²) in [7, 11) is 0. The van der Waals surface area contributed by atoms with E-state index in [1.54, 1.807) is 0 Å². The lowest BCUT2D eigenvalue weighted by Crippen LogP contribution is -2.31. The van der Waals surface area contributed by atoms with Gasteiger partial charge in [-0.3, -0.25) is 4.90 Å². The summed E-state index contributed by atoms with van der Waals surface area (Å²) in [5.74, 6) is 0.374. The highest BCUT2D eigenvalue weighted by Gasteiger charge is 2.19. The largest absolute Gasteiger partial charge is 0.368 e. The average molecular weight is 293 g/mol. The Morgan fingerprint density at radius 2 is 2.27 bits per heavy atom. The van der Waals surface area contributed by atoms with Crippen LogP contribution in [0.5, 0.6) is 0 Å². The number of fused-ring (bicyclic) bond motifs is 2. The molecule has 0 atom stereocenters. The first-order valence-electron chi connectivity index (χ1n) is 7.59. The molecule has 2 aromatic heterocycles. The van der Waals surface area contributed by atoms with Crippen LogP contribution in [-0.2, 0) is 19.5 Å². The number of anilines is 1. The third-order valence-electron chi connectivity index (χ3n) is 4.44. The smallest absolute Gasteiger partial charge is 0.220 e. The molecule has 0 saturated carbocycles. The van der Waals surface area contributed by atoms with E-state index >= 15 is 0 Å². The highest BCUT2D eigenvalue weighted by molar-refractivity contribution is 5.85. The number of hydrogen-bond donors (Lipinski definition) is 2. The molecule has 0 spiro atoms. The van der Waals surface area contributed by atoms with Crippen molar-refractivity contribution in [3.05, 3.63) is 53.0 Å². The molecule has 22 heavy (non-hydrogen) atoms. The summed E-state index contributed by atoms with van der Waals surface area (Å²) in [5.41, 5.74) is 11.8. The van der Waals surface area contributed by atoms with Gasteiger partial charge in [0.25, 0.3) is 0 Å². The average Bonchev–Trinajstić information content (AvgIpc) is 2.92. The van der Waals surface area contributed by atoms with E-state index in [0.29, 0.717) is 5.95 Å². The molecule has 0 radical (unpaired) electrons. The zero-order valence-corrected chi connectivity index (χ0v) is 12.6. The van der Waals surface area contributed by atoms with Crippen molar-refractivity contribution < 1.29 is 0 Å². The summed E-state index contributed by atoms with van der Waals surface area (Å²) >= 11 is 0. The van der Waals surface area contributed by atoms with Gasteiger partial charge in [0.15, 0.2) is 0 Å². The molecular formula is C17H19N5. The first-order valence-corrected chi connectivity index (χ1v) is 7.59. The van der Waals surface area contributed by atoms with Gasteiger partial charge < -0.3 is 10.7 Å². The Kier molecular flexibility index (Phi) is 3.08. The lowest BCUT2D eigenvalue weighted by Gasteiger charge is -2.27. The van der Waals surface area contributed by atoms with Gasteiger partial charge in [-0.05, 0) is 18.1 Å². The fourth-order valence-corrected chi connectivity index (χ4v) is 3.26. The molecule has 1 aromatic carbocycles. The maximum absolute atomic E-state index is 5.66. The van der Waals surface area contributed by atoms with E-state index in [1.807, 2.05) is 6.20 Å². The topological polar surface area (TPSA) is 70.8 Å². The zero-order chi connectivity index (χ0) is 15.1. The minimum absolute atomic E-state index is 0.374. The van der Waals surface area contributed by atoms with Crippen molar-refractivity contribution in [2.24, 2.45) is 0 Å². The van der Waals surface area contributed by atoms with Crippen molar-refractivity contribution >= 4 is 16.9 Å². The summed E-state index contributed by atoms with van der Waals surface area (Å²) in [6.07, 6.45) is 4.93. The normalized spacial score (nSPS) is 15.1. The van der Waals surface area contributed by atoms with Gasteiger partial charge in [-0.15, -0.1) is 0 Å². The Hall–Kier alpha value is -2.40. The quantitative estimate of drug-likeness (QED) is 0.761. The predicted molar refractivity (Wildman–Crippen MR) is 87.3 cm³/mol. The number of nitrogens with zero attached hydrogens (tertiary/aromatic N) is 3. The van der Waals surface area contributed by atoms with Crippen molar-refractivity contribution in [1.29, 1.82) is 0 Å². The Morgan fingerprint density at radius 3 is 3.18 bits per heavy atom. The van der Waals surface area contributed by atoms with Crippen molar-refractivity contribution in [1.82, 2.24) is 19.9 Å². The van der Waals surface area contributed by atoms with Gasteiger partial charge in [-0.25, -0.2) is 9.97 Å². The molecule has 0 amide bonds. The van der Waals surface area contributed by atoms with Gasteiger partial charge in [0.05, 0.1) is 5.69 Å². The molecule has 5 nitrogen and oxygen atoms in total. The van der Waals surface area contributed by atoms with Gasteiger partial charge >= 0.3 is 0 Å². The monoisotopic (exact) mass is 293 g/mol. The minimum Gasteiger partial charge on any atom is -0.368 e. The summed E-state index contributed by atoms with van der Waals surface area (Å²) in [4.78, 5) is 14.3. The number of aromatic amines is 1. The number of H-pyrrole nitrogens is 1. The molecule has 0 bridgehead atoms. The van der Waals surface area contributed by atoms with Crippen molar-refractivity contribution in [3.63, 3.8) is 0 Å². The van der Waals surface area contributed by atoms with Crippen LogP contribution in [0, 0.1) is 6.92 Å². The summed E-state index contributed by atoms with van der Waals surface area (Å²) < 4.78 is 0. The van der Waals surface area contributed by atoms with Crippen LogP contribution in [0.1, 0.15) is 22.4 Å². The molecule has 1 aliphatic rings. The first kappa shape index (κ1) is 13.3. The maximum atomic E-state index is 5.66. The van der Waals surface area contributed by atoms with Gasteiger partial charge in [-0.1, -0.05) is 18.2 Å². The lowest BCUT2D eigenvalue weighted by atomic mass is 10.1. The Balaban J connectivity index is 1.59. The molecule has 112 valence electrons. The molecule has 3 heterocycles. The SMILES string of the molecule is Cc1cccc2c(CN3CCc4nc(N)ncc4C3)c[nH]c12. The van der Waals surface area contributed by atoms with E-state index in [9.17, 15) is 0 Å². The molecule has 0 saturated heterocycles. The number of nitrogens with two attached hydrogens (primary N) is 1. The van der Waals surface area contributed by atoms with Crippen LogP contribution < -0.4 is 5.73 Å². The van der Waals surface area contributed by atoms with Gasteiger partial charge in [0.2, 0.25) is 5.95 Å². The van der Waals surface area contributed by atoms with Crippen LogP contribution in [0.3, 0.4) is 0 Å². The van der Waals surface area contributed by atoms with E-state index < -0.39 is 0 Å². The number of benzene rings is 1. The number of aromatic nitrogens is 3. The lowest BCUT2D eigenvalue weighted by molar-refractivity contribution is 0.244. The standard InChI is InChI=1S/C17H19N5/c1-11-3-2-4-14-12(7-19-16(11)14)9-22-6-5-15-13(10-22)8-20-17(18)21-15/h2-4,7-8,19H,5-6,9-10H2,1H3,(H2,18,20,21). The van der Waals surface area contributed by atoms with Crippen LogP contribution in [0.25, 0.3) is 10.9 Å². The Bertz CT molecular complexity index is 836. The third kappa shape index (κ3) is 2.23. The Labute approximate surface area is 129 Å². The summed E-state index contributed by atoms with van der Waals surface area (Å²) in [6, 6.07) is 6.45. The second-order valence-corrected chi connectivity index (χ2v) is 5.97. The van der Waals surface area contributed by atoms with Gasteiger partial charge in [-0.2, -0.15) is 0 Å². The second kappa shape index (κ2) is 5.10. The number of rotatable bonds is 2. The predicted octanol–water partition coefficient (Wildman–Crippen LogP) is 2.41. The molecule has 3 N–H and O–H groups in total. The number of nitrogens with one attached hydrogen (secondary N) is 1. The third-order valence-corrected chi connectivity index (χ3v) is 4.44. The molecule has 0 unspecified atom stereocenters. The first-order chi connectivity index (χ1) is 10.7. The van der Waals surface area contributed by atoms with Crippen LogP contribution in [0.2, 0.25) is 0 Å². The molecular weight excluding hydrogens is 274 g/mol. The van der Waals surface area contributed by atoms with Gasteiger partial charge in [0, 0.05) is 54.9 Å². The van der Waals surface area contributed by atoms with E-state index in [-0.39, 0.29) is 0 Å². The molecule has 3 aromatic rings. The molecule has 0 fully saturated rings.